The van der Waals surface area contributed by atoms with Crippen molar-refractivity contribution < 1.29 is 23.0 Å². The van der Waals surface area contributed by atoms with Gasteiger partial charge >= 0.3 is 6.09 Å². The Morgan fingerprint density at radius 3 is 2.44 bits per heavy atom. The second kappa shape index (κ2) is 11.3. The number of benzene rings is 2. The van der Waals surface area contributed by atoms with Gasteiger partial charge in [0.05, 0.1) is 18.3 Å². The van der Waals surface area contributed by atoms with Crippen molar-refractivity contribution >= 4 is 23.1 Å². The van der Waals surface area contributed by atoms with Crippen LogP contribution in [0.3, 0.4) is 0 Å². The number of carbonyl (C=O) groups is 1. The molecule has 1 amide bonds. The third-order valence-electron chi connectivity index (χ3n) is 6.86. The number of rotatable bonds is 5. The predicted octanol–water partition coefficient (Wildman–Crippen LogP) is 5.90. The molecule has 2 atom stereocenters. The molecule has 0 N–H and O–H groups in total. The molecule has 11 heteroatoms. The molecule has 0 radical (unpaired) electrons. The number of halogens is 2. The minimum Gasteiger partial charge on any atom is -0.472 e. The van der Waals surface area contributed by atoms with Crippen molar-refractivity contribution in [2.24, 2.45) is 0 Å². The summed E-state index contributed by atoms with van der Waals surface area (Å²) in [6.07, 6.45) is 1.94. The highest BCUT2D eigenvalue weighted by Crippen LogP contribution is 2.36. The number of carbonyl (C=O) groups excluding carboxylic acids is 1. The van der Waals surface area contributed by atoms with Crippen molar-refractivity contribution in [3.63, 3.8) is 0 Å². The molecule has 41 heavy (non-hydrogen) atoms. The lowest BCUT2D eigenvalue weighted by Gasteiger charge is -2.35. The summed E-state index contributed by atoms with van der Waals surface area (Å²) in [5.74, 6) is -0.747. The molecule has 2 aromatic carbocycles. The monoisotopic (exact) mass is 564 g/mol. The van der Waals surface area contributed by atoms with Gasteiger partial charge in [-0.1, -0.05) is 44.2 Å². The first-order chi connectivity index (χ1) is 19.7. The van der Waals surface area contributed by atoms with Gasteiger partial charge in [-0.15, -0.1) is 0 Å². The number of fused-ring (bicyclic) bond motifs is 3. The van der Waals surface area contributed by atoms with Crippen LogP contribution >= 0.6 is 0 Å². The summed E-state index contributed by atoms with van der Waals surface area (Å²) in [5, 5.41) is 4.84. The number of nitrogens with zero attached hydrogens (tertiary/aromatic N) is 6. The minimum absolute atomic E-state index is 0.0131. The van der Waals surface area contributed by atoms with Crippen LogP contribution in [0.5, 0.6) is 5.88 Å². The molecule has 4 aromatic rings. The molecule has 0 spiro atoms. The van der Waals surface area contributed by atoms with Crippen molar-refractivity contribution in [2.75, 3.05) is 18.0 Å². The normalized spacial score (nSPS) is 17.9. The van der Waals surface area contributed by atoms with Gasteiger partial charge in [0.25, 0.3) is 0 Å². The molecule has 0 saturated carbocycles. The van der Waals surface area contributed by atoms with Crippen LogP contribution in [0.15, 0.2) is 54.7 Å². The van der Waals surface area contributed by atoms with Crippen molar-refractivity contribution in [1.82, 2.24) is 24.6 Å². The van der Waals surface area contributed by atoms with E-state index in [0.717, 1.165) is 18.1 Å². The Bertz CT molecular complexity index is 1540. The SMILES string of the molecule is CC.CC(C)(C)OC(=O)N1CC2CC1CN2c1nc(OCc2ccccc2)c2cnn(-c3ccc(F)cc3F)c2n1. The summed E-state index contributed by atoms with van der Waals surface area (Å²) in [6.45, 7) is 10.8. The zero-order valence-electron chi connectivity index (χ0n) is 23.8. The van der Waals surface area contributed by atoms with Crippen LogP contribution in [0, 0.1) is 11.6 Å². The van der Waals surface area contributed by atoms with Crippen LogP contribution < -0.4 is 9.64 Å². The van der Waals surface area contributed by atoms with Gasteiger partial charge in [-0.2, -0.15) is 15.1 Å². The summed E-state index contributed by atoms with van der Waals surface area (Å²) in [5.41, 5.74) is 0.770. The molecule has 2 saturated heterocycles. The van der Waals surface area contributed by atoms with Crippen molar-refractivity contribution in [1.29, 1.82) is 0 Å². The molecule has 2 unspecified atom stereocenters. The number of anilines is 1. The van der Waals surface area contributed by atoms with Gasteiger partial charge in [0.15, 0.2) is 11.5 Å². The van der Waals surface area contributed by atoms with Crippen LogP contribution in [0.2, 0.25) is 0 Å². The molecule has 2 bridgehead atoms. The average molecular weight is 565 g/mol. The van der Waals surface area contributed by atoms with Gasteiger partial charge in [0.1, 0.15) is 29.1 Å². The number of piperazine rings is 1. The highest BCUT2D eigenvalue weighted by molar-refractivity contribution is 5.83. The highest BCUT2D eigenvalue weighted by Gasteiger charge is 2.47. The first-order valence-corrected chi connectivity index (χ1v) is 13.8. The molecule has 2 fully saturated rings. The van der Waals surface area contributed by atoms with Gasteiger partial charge in [-0.05, 0) is 44.9 Å². The fourth-order valence-corrected chi connectivity index (χ4v) is 5.12. The van der Waals surface area contributed by atoms with Crippen LogP contribution in [-0.2, 0) is 11.3 Å². The van der Waals surface area contributed by atoms with E-state index < -0.39 is 17.2 Å². The Hall–Kier alpha value is -4.28. The predicted molar refractivity (Wildman–Crippen MR) is 151 cm³/mol. The molecule has 4 heterocycles. The van der Waals surface area contributed by atoms with Gasteiger partial charge < -0.3 is 19.3 Å². The number of hydrogen-bond acceptors (Lipinski definition) is 7. The average Bonchev–Trinajstić information content (AvgIpc) is 3.67. The Morgan fingerprint density at radius 2 is 1.78 bits per heavy atom. The quantitative estimate of drug-likeness (QED) is 0.299. The Labute approximate surface area is 237 Å². The largest absolute Gasteiger partial charge is 0.472 e. The van der Waals surface area contributed by atoms with E-state index in [1.807, 2.05) is 69.9 Å². The number of amides is 1. The van der Waals surface area contributed by atoms with E-state index in [-0.39, 0.29) is 30.5 Å². The van der Waals surface area contributed by atoms with E-state index in [1.165, 1.54) is 23.0 Å². The van der Waals surface area contributed by atoms with E-state index in [4.69, 9.17) is 19.4 Å². The maximum atomic E-state index is 14.7. The Balaban J connectivity index is 0.00000165. The Kier molecular flexibility index (Phi) is 7.79. The maximum absolute atomic E-state index is 14.7. The van der Waals surface area contributed by atoms with Crippen LogP contribution in [-0.4, -0.2) is 61.5 Å². The highest BCUT2D eigenvalue weighted by atomic mass is 19.1. The van der Waals surface area contributed by atoms with Crippen LogP contribution in [0.25, 0.3) is 16.7 Å². The van der Waals surface area contributed by atoms with E-state index in [1.54, 1.807) is 4.90 Å². The summed E-state index contributed by atoms with van der Waals surface area (Å²) < 4.78 is 41.4. The van der Waals surface area contributed by atoms with E-state index in [2.05, 4.69) is 5.10 Å². The third-order valence-corrected chi connectivity index (χ3v) is 6.86. The van der Waals surface area contributed by atoms with Gasteiger partial charge in [-0.25, -0.2) is 18.3 Å². The topological polar surface area (TPSA) is 85.6 Å². The summed E-state index contributed by atoms with van der Waals surface area (Å²) in [6, 6.07) is 12.9. The number of hydrogen-bond donors (Lipinski definition) is 0. The molecule has 216 valence electrons. The smallest absolute Gasteiger partial charge is 0.410 e. The van der Waals surface area contributed by atoms with Gasteiger partial charge in [0.2, 0.25) is 11.8 Å². The van der Waals surface area contributed by atoms with E-state index >= 15 is 0 Å². The zero-order valence-corrected chi connectivity index (χ0v) is 23.8. The third kappa shape index (κ3) is 5.79. The maximum Gasteiger partial charge on any atom is 0.410 e. The second-order valence-electron chi connectivity index (χ2n) is 10.8. The van der Waals surface area contributed by atoms with Crippen LogP contribution in [0.1, 0.15) is 46.6 Å². The van der Waals surface area contributed by atoms with Crippen molar-refractivity contribution in [2.45, 2.75) is 65.3 Å². The van der Waals surface area contributed by atoms with E-state index in [9.17, 15) is 13.6 Å². The van der Waals surface area contributed by atoms with Crippen LogP contribution in [0.4, 0.5) is 19.5 Å². The summed E-state index contributed by atoms with van der Waals surface area (Å²) >= 11 is 0. The molecule has 0 aliphatic carbocycles. The molecule has 6 rings (SSSR count). The lowest BCUT2D eigenvalue weighted by atomic mass is 10.2. The fourth-order valence-electron chi connectivity index (χ4n) is 5.12. The van der Waals surface area contributed by atoms with Gasteiger partial charge in [-0.3, -0.25) is 0 Å². The molecule has 2 aliphatic rings. The molecular weight excluding hydrogens is 530 g/mol. The van der Waals surface area contributed by atoms with Crippen molar-refractivity contribution in [3.8, 4) is 11.6 Å². The standard InChI is InChI=1S/C28H28F2N6O3.C2H6/c1-28(2,3)39-27(37)35-15-19-12-20(35)14-34(19)26-32-24-21(25(33-26)38-16-17-7-5-4-6-8-17)13-31-36(24)23-10-9-18(29)11-22(23)30;1-2/h4-11,13,19-20H,12,14-16H2,1-3H3;1-2H3. The number of ether oxygens (including phenoxy) is 2. The second-order valence-corrected chi connectivity index (χ2v) is 10.8. The lowest BCUT2D eigenvalue weighted by molar-refractivity contribution is 0.0214. The zero-order chi connectivity index (χ0) is 29.3. The minimum atomic E-state index is -0.764. The first-order valence-electron chi connectivity index (χ1n) is 13.8. The van der Waals surface area contributed by atoms with Gasteiger partial charge in [0, 0.05) is 19.2 Å². The first kappa shape index (κ1) is 28.3. The fraction of sp³-hybridized carbons (Fsp3) is 0.400. The molecule has 2 aromatic heterocycles. The summed E-state index contributed by atoms with van der Waals surface area (Å²) in [7, 11) is 0. The van der Waals surface area contributed by atoms with Crippen molar-refractivity contribution in [3.05, 3.63) is 71.9 Å². The number of aromatic nitrogens is 4. The Morgan fingerprint density at radius 1 is 1.02 bits per heavy atom. The summed E-state index contributed by atoms with van der Waals surface area (Å²) in [4.78, 5) is 26.0. The van der Waals surface area contributed by atoms with E-state index in [0.29, 0.717) is 36.0 Å². The molecular formula is C30H34F2N6O3. The molecule has 9 nitrogen and oxygen atoms in total. The lowest BCUT2D eigenvalue weighted by Crippen LogP contribution is -2.50. The number of likely N-dealkylation sites (tertiary alicyclic amines) is 1. The molecule has 2 aliphatic heterocycles.